The van der Waals surface area contributed by atoms with Crippen molar-refractivity contribution in [1.82, 2.24) is 10.2 Å². The van der Waals surface area contributed by atoms with E-state index >= 15 is 0 Å². The summed E-state index contributed by atoms with van der Waals surface area (Å²) in [7, 11) is 0. The maximum absolute atomic E-state index is 14.0. The number of hydrogen-bond acceptors (Lipinski definition) is 1. The highest BCUT2D eigenvalue weighted by Gasteiger charge is 2.21. The Kier molecular flexibility index (Phi) is 5.54. The molecule has 0 amide bonds. The number of aromatic amines is 1. The van der Waals surface area contributed by atoms with Gasteiger partial charge in [0.25, 0.3) is 0 Å². The Bertz CT molecular complexity index is 701. The molecule has 0 spiro atoms. The number of halogens is 1. The molecular formula is C20H25FN2. The van der Waals surface area contributed by atoms with Crippen molar-refractivity contribution in [3.8, 4) is 0 Å². The number of nitrogens with one attached hydrogen (secondary N) is 1. The van der Waals surface area contributed by atoms with Gasteiger partial charge in [0.1, 0.15) is 5.83 Å². The number of rotatable bonds is 5. The van der Waals surface area contributed by atoms with Gasteiger partial charge in [-0.1, -0.05) is 57.2 Å². The van der Waals surface area contributed by atoms with Crippen LogP contribution in [-0.2, 0) is 0 Å². The zero-order chi connectivity index (χ0) is 17.0. The van der Waals surface area contributed by atoms with E-state index in [0.29, 0.717) is 0 Å². The van der Waals surface area contributed by atoms with Gasteiger partial charge < -0.3 is 0 Å². The lowest BCUT2D eigenvalue weighted by atomic mass is 9.86. The molecule has 2 atom stereocenters. The van der Waals surface area contributed by atoms with Crippen molar-refractivity contribution in [3.63, 3.8) is 0 Å². The van der Waals surface area contributed by atoms with Crippen molar-refractivity contribution in [2.45, 2.75) is 34.1 Å². The molecule has 3 heteroatoms. The molecule has 0 fully saturated rings. The standard InChI is InChI=1S/C20H25FN2/c1-6-7-8-16(9-13(2)3)19-12-20(23-22-19)17-10-14(4)15(5)18(21)11-17/h7-12,14-15H,2,6H2,1,3-5H3,(H,22,23)/b8-7-,16-9+. The van der Waals surface area contributed by atoms with Crippen LogP contribution in [0, 0.1) is 11.8 Å². The van der Waals surface area contributed by atoms with Crippen LogP contribution in [0.4, 0.5) is 4.39 Å². The first-order valence-electron chi connectivity index (χ1n) is 8.11. The fraction of sp³-hybridized carbons (Fsp3) is 0.350. The van der Waals surface area contributed by atoms with Gasteiger partial charge in [0, 0.05) is 11.5 Å². The van der Waals surface area contributed by atoms with Gasteiger partial charge in [0.15, 0.2) is 0 Å². The van der Waals surface area contributed by atoms with Crippen LogP contribution in [0.2, 0.25) is 0 Å². The Labute approximate surface area is 138 Å². The molecule has 0 saturated heterocycles. The molecule has 0 aromatic carbocycles. The minimum Gasteiger partial charge on any atom is -0.277 e. The molecule has 1 aromatic rings. The van der Waals surface area contributed by atoms with Gasteiger partial charge in [-0.05, 0) is 37.0 Å². The molecule has 1 N–H and O–H groups in total. The monoisotopic (exact) mass is 312 g/mol. The lowest BCUT2D eigenvalue weighted by molar-refractivity contribution is 0.418. The van der Waals surface area contributed by atoms with Crippen LogP contribution in [0.5, 0.6) is 0 Å². The van der Waals surface area contributed by atoms with E-state index in [4.69, 9.17) is 0 Å². The van der Waals surface area contributed by atoms with E-state index in [-0.39, 0.29) is 17.7 Å². The lowest BCUT2D eigenvalue weighted by Gasteiger charge is -2.20. The first kappa shape index (κ1) is 17.2. The third-order valence-corrected chi connectivity index (χ3v) is 4.08. The summed E-state index contributed by atoms with van der Waals surface area (Å²) >= 11 is 0. The van der Waals surface area contributed by atoms with Crippen LogP contribution < -0.4 is 0 Å². The fourth-order valence-electron chi connectivity index (χ4n) is 2.51. The molecule has 0 saturated carbocycles. The topological polar surface area (TPSA) is 28.7 Å². The zero-order valence-corrected chi connectivity index (χ0v) is 14.4. The van der Waals surface area contributed by atoms with Crippen LogP contribution in [0.25, 0.3) is 11.1 Å². The minimum absolute atomic E-state index is 0.0625. The quantitative estimate of drug-likeness (QED) is 0.678. The van der Waals surface area contributed by atoms with Crippen LogP contribution in [0.15, 0.2) is 54.4 Å². The third kappa shape index (κ3) is 4.19. The number of aromatic nitrogens is 2. The molecular weight excluding hydrogens is 287 g/mol. The fourth-order valence-corrected chi connectivity index (χ4v) is 2.51. The zero-order valence-electron chi connectivity index (χ0n) is 14.4. The van der Waals surface area contributed by atoms with E-state index in [1.165, 1.54) is 0 Å². The van der Waals surface area contributed by atoms with E-state index in [2.05, 4.69) is 35.9 Å². The second kappa shape index (κ2) is 7.40. The number of hydrogen-bond donors (Lipinski definition) is 1. The summed E-state index contributed by atoms with van der Waals surface area (Å²) in [6, 6.07) is 1.97. The van der Waals surface area contributed by atoms with Crippen LogP contribution in [-0.4, -0.2) is 10.2 Å². The van der Waals surface area contributed by atoms with Crippen molar-refractivity contribution in [2.24, 2.45) is 11.8 Å². The molecule has 0 radical (unpaired) electrons. The van der Waals surface area contributed by atoms with E-state index in [9.17, 15) is 4.39 Å². The van der Waals surface area contributed by atoms with Gasteiger partial charge in [-0.25, -0.2) is 4.39 Å². The van der Waals surface area contributed by atoms with Crippen LogP contribution in [0.3, 0.4) is 0 Å². The van der Waals surface area contributed by atoms with Gasteiger partial charge in [0.05, 0.1) is 11.4 Å². The summed E-state index contributed by atoms with van der Waals surface area (Å²) in [5, 5.41) is 7.42. The number of nitrogens with zero attached hydrogens (tertiary/aromatic N) is 1. The van der Waals surface area contributed by atoms with E-state index in [1.54, 1.807) is 6.08 Å². The molecule has 0 bridgehead atoms. The number of allylic oxidation sites excluding steroid dienone is 9. The van der Waals surface area contributed by atoms with Crippen molar-refractivity contribution in [3.05, 3.63) is 65.8 Å². The number of H-pyrrole nitrogens is 1. The van der Waals surface area contributed by atoms with Gasteiger partial charge in [0.2, 0.25) is 0 Å². The highest BCUT2D eigenvalue weighted by Crippen LogP contribution is 2.33. The summed E-state index contributed by atoms with van der Waals surface area (Å²) in [5.41, 5.74) is 4.51. The summed E-state index contributed by atoms with van der Waals surface area (Å²) < 4.78 is 14.0. The van der Waals surface area contributed by atoms with Crippen molar-refractivity contribution >= 4 is 11.1 Å². The highest BCUT2D eigenvalue weighted by molar-refractivity contribution is 5.79. The average molecular weight is 312 g/mol. The second-order valence-electron chi connectivity index (χ2n) is 6.22. The molecule has 0 aliphatic heterocycles. The van der Waals surface area contributed by atoms with E-state index in [0.717, 1.165) is 34.5 Å². The Balaban J connectivity index is 2.35. The molecule has 1 heterocycles. The molecule has 1 aliphatic carbocycles. The highest BCUT2D eigenvalue weighted by atomic mass is 19.1. The first-order chi connectivity index (χ1) is 10.9. The maximum Gasteiger partial charge on any atom is 0.104 e. The molecule has 23 heavy (non-hydrogen) atoms. The summed E-state index contributed by atoms with van der Waals surface area (Å²) in [4.78, 5) is 0. The molecule has 2 nitrogen and oxygen atoms in total. The van der Waals surface area contributed by atoms with Gasteiger partial charge in [-0.15, -0.1) is 0 Å². The maximum atomic E-state index is 14.0. The van der Waals surface area contributed by atoms with E-state index < -0.39 is 0 Å². The predicted molar refractivity (Wildman–Crippen MR) is 96.3 cm³/mol. The second-order valence-corrected chi connectivity index (χ2v) is 6.22. The molecule has 122 valence electrons. The average Bonchev–Trinajstić information content (AvgIpc) is 2.98. The Morgan fingerprint density at radius 2 is 2.17 bits per heavy atom. The van der Waals surface area contributed by atoms with Crippen molar-refractivity contribution < 1.29 is 4.39 Å². The molecule has 1 aliphatic rings. The van der Waals surface area contributed by atoms with E-state index in [1.807, 2.05) is 39.0 Å². The summed E-state index contributed by atoms with van der Waals surface area (Å²) in [6.07, 6.45) is 10.8. The summed E-state index contributed by atoms with van der Waals surface area (Å²) in [6.45, 7) is 11.9. The Hall–Kier alpha value is -2.16. The Morgan fingerprint density at radius 3 is 2.78 bits per heavy atom. The van der Waals surface area contributed by atoms with Gasteiger partial charge in [-0.3, -0.25) is 5.10 Å². The minimum atomic E-state index is -0.0743. The van der Waals surface area contributed by atoms with Crippen molar-refractivity contribution in [1.29, 1.82) is 0 Å². The van der Waals surface area contributed by atoms with Crippen LogP contribution >= 0.6 is 0 Å². The smallest absolute Gasteiger partial charge is 0.104 e. The third-order valence-electron chi connectivity index (χ3n) is 4.08. The van der Waals surface area contributed by atoms with Gasteiger partial charge in [-0.2, -0.15) is 5.10 Å². The summed E-state index contributed by atoms with van der Waals surface area (Å²) in [5.74, 6) is 0.0365. The SMILES string of the molecule is C=C(C)/C=C(\C=C/CC)c1cc(C2=CC(C)C(C)C(F)=C2)[nH]n1. The normalized spacial score (nSPS) is 22.2. The molecule has 2 rings (SSSR count). The largest absolute Gasteiger partial charge is 0.277 e. The predicted octanol–water partition coefficient (Wildman–Crippen LogP) is 5.86. The molecule has 2 unspecified atom stereocenters. The van der Waals surface area contributed by atoms with Crippen molar-refractivity contribution in [2.75, 3.05) is 0 Å². The molecule has 1 aromatic heterocycles. The lowest BCUT2D eigenvalue weighted by Crippen LogP contribution is -2.10. The van der Waals surface area contributed by atoms with Crippen LogP contribution in [0.1, 0.15) is 45.5 Å². The first-order valence-corrected chi connectivity index (χ1v) is 8.11. The Morgan fingerprint density at radius 1 is 1.43 bits per heavy atom. The van der Waals surface area contributed by atoms with Gasteiger partial charge >= 0.3 is 0 Å².